The standard InChI is InChI=1S/C28H34/c1-16(2)21-8-10-23-12-18(5)27(25(23)14-21)20(7)28-19(6)13-24-11-9-22(17(3)4)15-26(24)28/h8-17,20,27-28H,1-7H3. The molecule has 4 rings (SSSR count). The van der Waals surface area contributed by atoms with Gasteiger partial charge in [0.2, 0.25) is 0 Å². The van der Waals surface area contributed by atoms with Gasteiger partial charge in [-0.25, -0.2) is 0 Å². The highest BCUT2D eigenvalue weighted by Gasteiger charge is 2.36. The van der Waals surface area contributed by atoms with Gasteiger partial charge < -0.3 is 0 Å². The minimum absolute atomic E-state index is 0.510. The fourth-order valence-electron chi connectivity index (χ4n) is 5.46. The number of hydrogen-bond acceptors (Lipinski definition) is 0. The normalized spacial score (nSPS) is 21.6. The lowest BCUT2D eigenvalue weighted by Gasteiger charge is -2.31. The van der Waals surface area contributed by atoms with Crippen molar-refractivity contribution < 1.29 is 0 Å². The van der Waals surface area contributed by atoms with E-state index in [1.807, 2.05) is 0 Å². The van der Waals surface area contributed by atoms with Crippen molar-refractivity contribution in [2.75, 3.05) is 0 Å². The smallest absolute Gasteiger partial charge is 0.00893 e. The van der Waals surface area contributed by atoms with Crippen molar-refractivity contribution in [1.29, 1.82) is 0 Å². The monoisotopic (exact) mass is 370 g/mol. The van der Waals surface area contributed by atoms with E-state index in [0.717, 1.165) is 0 Å². The van der Waals surface area contributed by atoms with E-state index in [-0.39, 0.29) is 0 Å². The molecule has 0 radical (unpaired) electrons. The maximum Gasteiger partial charge on any atom is 0.00893 e. The lowest BCUT2D eigenvalue weighted by molar-refractivity contribution is 0.454. The van der Waals surface area contributed by atoms with Gasteiger partial charge in [-0.1, -0.05) is 94.3 Å². The van der Waals surface area contributed by atoms with Crippen LogP contribution in [-0.2, 0) is 0 Å². The van der Waals surface area contributed by atoms with E-state index >= 15 is 0 Å². The van der Waals surface area contributed by atoms with Gasteiger partial charge in [0.1, 0.15) is 0 Å². The topological polar surface area (TPSA) is 0 Å². The first-order chi connectivity index (χ1) is 13.3. The summed E-state index contributed by atoms with van der Waals surface area (Å²) >= 11 is 0. The van der Waals surface area contributed by atoms with E-state index in [1.54, 1.807) is 0 Å². The Balaban J connectivity index is 1.75. The minimum atomic E-state index is 0.510. The number of fused-ring (bicyclic) bond motifs is 2. The molecule has 146 valence electrons. The molecule has 0 heteroatoms. The molecule has 2 aliphatic rings. The van der Waals surface area contributed by atoms with Crippen LogP contribution in [0, 0.1) is 5.92 Å². The molecule has 0 nitrogen and oxygen atoms in total. The second-order valence-corrected chi connectivity index (χ2v) is 9.68. The van der Waals surface area contributed by atoms with E-state index in [1.165, 1.54) is 44.5 Å². The van der Waals surface area contributed by atoms with Crippen LogP contribution in [0.3, 0.4) is 0 Å². The Bertz CT molecular complexity index is 888. The third-order valence-electron chi connectivity index (χ3n) is 7.02. The Kier molecular flexibility index (Phi) is 4.86. The summed E-state index contributed by atoms with van der Waals surface area (Å²) in [5, 5.41) is 0. The van der Waals surface area contributed by atoms with Gasteiger partial charge in [-0.05, 0) is 65.0 Å². The first kappa shape index (κ1) is 19.2. The lowest BCUT2D eigenvalue weighted by atomic mass is 9.73. The molecule has 0 bridgehead atoms. The average Bonchev–Trinajstić information content (AvgIpc) is 3.14. The Hall–Kier alpha value is -2.08. The summed E-state index contributed by atoms with van der Waals surface area (Å²) in [6.45, 7) is 16.3. The maximum absolute atomic E-state index is 2.48. The van der Waals surface area contributed by atoms with Crippen LogP contribution in [0.5, 0.6) is 0 Å². The van der Waals surface area contributed by atoms with Crippen LogP contribution in [0.1, 0.15) is 106 Å². The van der Waals surface area contributed by atoms with Gasteiger partial charge in [-0.3, -0.25) is 0 Å². The van der Waals surface area contributed by atoms with Crippen LogP contribution in [0.25, 0.3) is 12.2 Å². The molecule has 2 aliphatic carbocycles. The lowest BCUT2D eigenvalue weighted by Crippen LogP contribution is -2.18. The summed E-state index contributed by atoms with van der Waals surface area (Å²) in [5.74, 6) is 2.72. The third kappa shape index (κ3) is 3.08. The van der Waals surface area contributed by atoms with E-state index in [2.05, 4.69) is 97.0 Å². The number of benzene rings is 2. The molecule has 28 heavy (non-hydrogen) atoms. The highest BCUT2D eigenvalue weighted by atomic mass is 14.4. The first-order valence-corrected chi connectivity index (χ1v) is 10.9. The molecule has 0 fully saturated rings. The SMILES string of the molecule is CC1=Cc2ccc(C(C)C)cc2C1C(C)C1C(C)=Cc2ccc(C(C)C)cc21. The van der Waals surface area contributed by atoms with Crippen molar-refractivity contribution in [3.8, 4) is 0 Å². The Morgan fingerprint density at radius 2 is 1.00 bits per heavy atom. The Morgan fingerprint density at radius 1 is 0.607 bits per heavy atom. The van der Waals surface area contributed by atoms with Crippen LogP contribution in [0.4, 0.5) is 0 Å². The quantitative estimate of drug-likeness (QED) is 0.508. The van der Waals surface area contributed by atoms with Gasteiger partial charge in [0.05, 0.1) is 0 Å². The predicted octanol–water partition coefficient (Wildman–Crippen LogP) is 8.27. The molecule has 0 saturated heterocycles. The summed E-state index contributed by atoms with van der Waals surface area (Å²) in [7, 11) is 0. The molecular weight excluding hydrogens is 336 g/mol. The van der Waals surface area contributed by atoms with Crippen molar-refractivity contribution in [2.45, 2.75) is 72.1 Å². The minimum Gasteiger partial charge on any atom is -0.0649 e. The Morgan fingerprint density at radius 3 is 1.36 bits per heavy atom. The number of allylic oxidation sites excluding steroid dienone is 2. The predicted molar refractivity (Wildman–Crippen MR) is 123 cm³/mol. The maximum atomic E-state index is 2.48. The van der Waals surface area contributed by atoms with Crippen molar-refractivity contribution in [1.82, 2.24) is 0 Å². The average molecular weight is 371 g/mol. The van der Waals surface area contributed by atoms with Crippen molar-refractivity contribution in [3.05, 3.63) is 80.9 Å². The van der Waals surface area contributed by atoms with Gasteiger partial charge in [0.15, 0.2) is 0 Å². The molecule has 0 aliphatic heterocycles. The highest BCUT2D eigenvalue weighted by Crippen LogP contribution is 2.51. The molecule has 0 saturated carbocycles. The summed E-state index contributed by atoms with van der Waals surface area (Å²) in [6, 6.07) is 14.3. The van der Waals surface area contributed by atoms with Crippen LogP contribution in [0.15, 0.2) is 47.5 Å². The van der Waals surface area contributed by atoms with Crippen LogP contribution >= 0.6 is 0 Å². The van der Waals surface area contributed by atoms with Crippen molar-refractivity contribution >= 4 is 12.2 Å². The third-order valence-corrected chi connectivity index (χ3v) is 7.02. The van der Waals surface area contributed by atoms with Gasteiger partial charge in [-0.15, -0.1) is 0 Å². The van der Waals surface area contributed by atoms with Crippen molar-refractivity contribution in [3.63, 3.8) is 0 Å². The van der Waals surface area contributed by atoms with Crippen LogP contribution in [0.2, 0.25) is 0 Å². The molecular formula is C28H34. The number of hydrogen-bond donors (Lipinski definition) is 0. The molecule has 0 amide bonds. The summed E-state index contributed by atoms with van der Waals surface area (Å²) < 4.78 is 0. The van der Waals surface area contributed by atoms with Gasteiger partial charge in [-0.2, -0.15) is 0 Å². The second-order valence-electron chi connectivity index (χ2n) is 9.68. The zero-order chi connectivity index (χ0) is 20.2. The van der Waals surface area contributed by atoms with Crippen LogP contribution < -0.4 is 0 Å². The second kappa shape index (κ2) is 7.07. The van der Waals surface area contributed by atoms with Crippen LogP contribution in [-0.4, -0.2) is 0 Å². The molecule has 2 atom stereocenters. The molecule has 0 N–H and O–H groups in total. The molecule has 2 unspecified atom stereocenters. The number of rotatable bonds is 4. The highest BCUT2D eigenvalue weighted by molar-refractivity contribution is 5.70. The first-order valence-electron chi connectivity index (χ1n) is 10.9. The molecule has 0 aromatic heterocycles. The summed E-state index contributed by atoms with van der Waals surface area (Å²) in [6.07, 6.45) is 4.83. The van der Waals surface area contributed by atoms with E-state index < -0.39 is 0 Å². The molecule has 0 heterocycles. The van der Waals surface area contributed by atoms with E-state index in [0.29, 0.717) is 29.6 Å². The summed E-state index contributed by atoms with van der Waals surface area (Å²) in [5.41, 5.74) is 11.9. The van der Waals surface area contributed by atoms with Crippen molar-refractivity contribution in [2.24, 2.45) is 5.92 Å². The van der Waals surface area contributed by atoms with Gasteiger partial charge in [0, 0.05) is 11.8 Å². The van der Waals surface area contributed by atoms with Gasteiger partial charge in [0.25, 0.3) is 0 Å². The summed E-state index contributed by atoms with van der Waals surface area (Å²) in [4.78, 5) is 0. The van der Waals surface area contributed by atoms with E-state index in [4.69, 9.17) is 0 Å². The molecule has 2 aromatic rings. The fraction of sp³-hybridized carbons (Fsp3) is 0.429. The zero-order valence-electron chi connectivity index (χ0n) is 18.5. The molecule has 0 spiro atoms. The largest absolute Gasteiger partial charge is 0.0649 e. The molecule has 2 aromatic carbocycles. The van der Waals surface area contributed by atoms with Gasteiger partial charge >= 0.3 is 0 Å². The fourth-order valence-corrected chi connectivity index (χ4v) is 5.46. The Labute approximate surface area is 171 Å². The van der Waals surface area contributed by atoms with E-state index in [9.17, 15) is 0 Å². The zero-order valence-corrected chi connectivity index (χ0v) is 18.5.